The van der Waals surface area contributed by atoms with Gasteiger partial charge < -0.3 is 71.3 Å². The average Bonchev–Trinajstić information content (AvgIpc) is 1.57. The molecule has 10 aromatic rings. The van der Waals surface area contributed by atoms with Crippen LogP contribution in [-0.2, 0) is 73.3 Å². The highest BCUT2D eigenvalue weighted by Crippen LogP contribution is 2.59. The highest BCUT2D eigenvalue weighted by molar-refractivity contribution is 5.91. The fourth-order valence-corrected chi connectivity index (χ4v) is 16.1. The van der Waals surface area contributed by atoms with Gasteiger partial charge in [0.25, 0.3) is 0 Å². The smallest absolute Gasteiger partial charge is 0.338 e. The van der Waals surface area contributed by atoms with E-state index < -0.39 is 71.8 Å². The number of para-hydroxylation sites is 4. The minimum absolute atomic E-state index is 0.0192. The van der Waals surface area contributed by atoms with E-state index in [-0.39, 0.29) is 113 Å². The van der Waals surface area contributed by atoms with Crippen LogP contribution in [0.15, 0.2) is 183 Å². The van der Waals surface area contributed by atoms with Crippen molar-refractivity contribution in [3.05, 3.63) is 216 Å². The van der Waals surface area contributed by atoms with Gasteiger partial charge in [-0.1, -0.05) is 109 Å². The van der Waals surface area contributed by atoms with Gasteiger partial charge in [-0.25, -0.2) is 9.59 Å². The Morgan fingerprint density at radius 1 is 0.327 bits per heavy atom. The summed E-state index contributed by atoms with van der Waals surface area (Å²) in [6, 6.07) is 44.7. The number of nitrogens with two attached hydrogens (primary N) is 4. The third-order valence-corrected chi connectivity index (χ3v) is 21.1. The zero-order chi connectivity index (χ0) is 67.8. The lowest BCUT2D eigenvalue weighted by Gasteiger charge is -2.48. The molecule has 0 saturated heterocycles. The molecule has 12 N–H and O–H groups in total. The van der Waals surface area contributed by atoms with Gasteiger partial charge >= 0.3 is 35.8 Å². The number of esters is 6. The second-order valence-corrected chi connectivity index (χ2v) is 27.1. The second-order valence-electron chi connectivity index (χ2n) is 27.1. The minimum Gasteiger partial charge on any atom is -0.464 e. The summed E-state index contributed by atoms with van der Waals surface area (Å²) in [4.78, 5) is 97.5. The number of rotatable bonds is 28. The van der Waals surface area contributed by atoms with Crippen LogP contribution in [-0.4, -0.2) is 120 Å². The molecule has 0 radical (unpaired) electrons. The molecule has 13 rings (SSSR count). The zero-order valence-electron chi connectivity index (χ0n) is 54.5. The van der Waals surface area contributed by atoms with Crippen molar-refractivity contribution in [3.8, 4) is 0 Å². The van der Waals surface area contributed by atoms with E-state index in [9.17, 15) is 28.8 Å². The number of hydrogen-bond donors (Lipinski definition) is 8. The van der Waals surface area contributed by atoms with Gasteiger partial charge in [0.15, 0.2) is 0 Å². The lowest BCUT2D eigenvalue weighted by atomic mass is 9.57. The normalized spacial score (nSPS) is 22.6. The molecule has 0 bridgehead atoms. The summed E-state index contributed by atoms with van der Waals surface area (Å²) in [5.41, 5.74) is 34.6. The van der Waals surface area contributed by atoms with Gasteiger partial charge in [0.1, 0.15) is 24.2 Å². The number of carbonyl (C=O) groups is 6. The van der Waals surface area contributed by atoms with Crippen LogP contribution in [0.3, 0.4) is 0 Å². The van der Waals surface area contributed by atoms with Gasteiger partial charge in [0, 0.05) is 106 Å². The molecule has 3 aliphatic rings. The van der Waals surface area contributed by atoms with Gasteiger partial charge in [0.05, 0.1) is 50.8 Å². The fraction of sp³-hybridized carbons (Fsp3) is 0.359. The fourth-order valence-electron chi connectivity index (χ4n) is 16.1. The number of carbonyl (C=O) groups excluding carboxylic acids is 6. The number of benzene rings is 6. The Kier molecular flexibility index (Phi) is 20.6. The first-order valence-electron chi connectivity index (χ1n) is 34.0. The van der Waals surface area contributed by atoms with Crippen LogP contribution in [0.2, 0.25) is 0 Å². The SMILES string of the molecule is N[C@@H](Cc1c[nH]c2ccccc12)C(=O)OC[C@@H]1C[C@H](COC(=O)[C@@H](N)Cc2c[nH]c3ccccc23)[C@@H](C2CC([C@H]3[C@H](COC(=O)[C@@H](N)Cc4c[nH]c5ccccc45)C[C@H](COC(=O)[C@@H](N)Cc4c[nH]c5ccccc45)[C@@H]3COC(=O)c3ccccc3)C2)[C@@H]1COC(=O)c1ccccc1. The van der Waals surface area contributed by atoms with Crippen LogP contribution < -0.4 is 22.9 Å². The van der Waals surface area contributed by atoms with E-state index in [0.717, 1.165) is 65.9 Å². The molecule has 0 spiro atoms. The summed E-state index contributed by atoms with van der Waals surface area (Å²) < 4.78 is 37.5. The molecule has 4 heterocycles. The third-order valence-electron chi connectivity index (χ3n) is 21.1. The summed E-state index contributed by atoms with van der Waals surface area (Å²) in [6.07, 6.45) is 10.4. The van der Waals surface area contributed by atoms with E-state index in [0.29, 0.717) is 36.8 Å². The van der Waals surface area contributed by atoms with E-state index in [2.05, 4.69) is 19.9 Å². The van der Waals surface area contributed by atoms with E-state index >= 15 is 0 Å². The van der Waals surface area contributed by atoms with Crippen LogP contribution in [0.25, 0.3) is 43.6 Å². The molecule has 3 aliphatic carbocycles. The molecule has 20 heteroatoms. The maximum absolute atomic E-state index is 14.2. The van der Waals surface area contributed by atoms with Crippen molar-refractivity contribution in [1.82, 2.24) is 19.9 Å². The first-order chi connectivity index (χ1) is 47.7. The molecule has 3 fully saturated rings. The number of aromatic amines is 4. The van der Waals surface area contributed by atoms with E-state index in [1.807, 2.05) is 134 Å². The average molecular weight is 1330 g/mol. The van der Waals surface area contributed by atoms with Gasteiger partial charge in [-0.15, -0.1) is 0 Å². The Labute approximate surface area is 567 Å². The number of ether oxygens (including phenoxy) is 6. The molecular formula is C78H84N8O12. The Morgan fingerprint density at radius 2 is 0.592 bits per heavy atom. The maximum atomic E-state index is 14.2. The van der Waals surface area contributed by atoms with Gasteiger partial charge in [-0.2, -0.15) is 0 Å². The van der Waals surface area contributed by atoms with E-state index in [1.165, 1.54) is 0 Å². The largest absolute Gasteiger partial charge is 0.464 e. The molecule has 12 atom stereocenters. The summed E-state index contributed by atoms with van der Waals surface area (Å²) in [7, 11) is 0. The van der Waals surface area contributed by atoms with Gasteiger partial charge in [-0.3, -0.25) is 19.2 Å². The van der Waals surface area contributed by atoms with Crippen LogP contribution in [0.5, 0.6) is 0 Å². The zero-order valence-corrected chi connectivity index (χ0v) is 54.5. The van der Waals surface area contributed by atoms with Crippen molar-refractivity contribution >= 4 is 79.4 Å². The topological polar surface area (TPSA) is 325 Å². The molecule has 6 aromatic carbocycles. The van der Waals surface area contributed by atoms with Crippen LogP contribution in [0.1, 0.15) is 68.7 Å². The Morgan fingerprint density at radius 3 is 0.888 bits per heavy atom. The third kappa shape index (κ3) is 15.0. The number of hydrogen-bond acceptors (Lipinski definition) is 16. The van der Waals surface area contributed by atoms with Crippen molar-refractivity contribution < 1.29 is 57.2 Å². The van der Waals surface area contributed by atoms with E-state index in [1.54, 1.807) is 48.5 Å². The molecule has 0 aliphatic heterocycles. The second kappa shape index (κ2) is 30.3. The summed E-state index contributed by atoms with van der Waals surface area (Å²) >= 11 is 0. The van der Waals surface area contributed by atoms with Gasteiger partial charge in [0.2, 0.25) is 0 Å². The molecule has 508 valence electrons. The van der Waals surface area contributed by atoms with Crippen LogP contribution in [0, 0.1) is 59.2 Å². The maximum Gasteiger partial charge on any atom is 0.338 e. The summed E-state index contributed by atoms with van der Waals surface area (Å²) in [5, 5.41) is 3.82. The van der Waals surface area contributed by atoms with Crippen molar-refractivity contribution in [3.63, 3.8) is 0 Å². The summed E-state index contributed by atoms with van der Waals surface area (Å²) in [6.45, 7) is -0.219. The molecular weight excluding hydrogens is 1240 g/mol. The molecule has 0 amide bonds. The molecule has 20 nitrogen and oxygen atoms in total. The van der Waals surface area contributed by atoms with Crippen LogP contribution in [0.4, 0.5) is 0 Å². The lowest BCUT2D eigenvalue weighted by molar-refractivity contribution is -0.149. The molecule has 98 heavy (non-hydrogen) atoms. The monoisotopic (exact) mass is 1320 g/mol. The van der Waals surface area contributed by atoms with Crippen LogP contribution >= 0.6 is 0 Å². The first-order valence-corrected chi connectivity index (χ1v) is 34.0. The molecule has 3 saturated carbocycles. The predicted octanol–water partition coefficient (Wildman–Crippen LogP) is 9.84. The van der Waals surface area contributed by atoms with E-state index in [4.69, 9.17) is 51.4 Å². The highest BCUT2D eigenvalue weighted by atomic mass is 16.6. The number of fused-ring (bicyclic) bond motifs is 4. The number of H-pyrrole nitrogens is 4. The summed E-state index contributed by atoms with van der Waals surface area (Å²) in [5.74, 6) is -6.26. The Balaban J connectivity index is 0.788. The quantitative estimate of drug-likeness (QED) is 0.0167. The Hall–Kier alpha value is -9.86. The number of nitrogens with one attached hydrogen (secondary N) is 4. The highest BCUT2D eigenvalue weighted by Gasteiger charge is 2.56. The molecule has 4 aromatic heterocycles. The van der Waals surface area contributed by atoms with Gasteiger partial charge in [-0.05, 0) is 144 Å². The minimum atomic E-state index is -0.994. The standard InChI is InChI=1S/C78H84N8O12/c79-63(31-49-35-83-67-23-11-7-19-57(49)67)75(89)93-39-53-29-55(41-95-77(91)65(81)33-51-37-85-69-25-13-9-21-59(51)69)71(61(53)43-97-73(87)45-15-3-1-4-16-45)47-27-48(28-47)72-56(42-96-78(92)66(82)34-52-38-86-70-26-14-10-22-60(52)70)30-54(62(72)44-98-74(88)46-17-5-2-6-18-46)40-94-76(90)64(80)32-50-36-84-68-24-12-8-20-58(50)68/h1-26,35-38,47-48,53-56,61-66,71-72,83-86H,27-34,39-44,79-82H2/t47?,48?,53-,54+,55+,56-,61+,62-,63-,64-,65-,66-,71+,72-/m0/s1. The van der Waals surface area contributed by atoms with Crippen molar-refractivity contribution in [2.45, 2.75) is 75.5 Å². The van der Waals surface area contributed by atoms with Crippen molar-refractivity contribution in [2.24, 2.45) is 82.1 Å². The Bertz CT molecular complexity index is 4150. The lowest BCUT2D eigenvalue weighted by Crippen LogP contribution is -2.45. The van der Waals surface area contributed by atoms with Crippen molar-refractivity contribution in [1.29, 1.82) is 0 Å². The first kappa shape index (κ1) is 66.7. The predicted molar refractivity (Wildman–Crippen MR) is 371 cm³/mol. The number of aromatic nitrogens is 4. The van der Waals surface area contributed by atoms with Crippen molar-refractivity contribution in [2.75, 3.05) is 39.6 Å². The molecule has 0 unspecified atom stereocenters.